The summed E-state index contributed by atoms with van der Waals surface area (Å²) in [6.07, 6.45) is 0.850. The van der Waals surface area contributed by atoms with Gasteiger partial charge in [-0.1, -0.05) is 18.2 Å². The number of fused-ring (bicyclic) bond motifs is 1. The van der Waals surface area contributed by atoms with E-state index < -0.39 is 0 Å². The van der Waals surface area contributed by atoms with Crippen molar-refractivity contribution < 1.29 is 9.59 Å². The first kappa shape index (κ1) is 21.2. The number of rotatable bonds is 5. The van der Waals surface area contributed by atoms with Crippen LogP contribution in [0.25, 0.3) is 0 Å². The van der Waals surface area contributed by atoms with Gasteiger partial charge in [0.05, 0.1) is 0 Å². The van der Waals surface area contributed by atoms with E-state index in [2.05, 4.69) is 20.9 Å². The molecule has 1 unspecified atom stereocenters. The molecule has 0 aliphatic carbocycles. The van der Waals surface area contributed by atoms with E-state index in [4.69, 9.17) is 0 Å². The lowest BCUT2D eigenvalue weighted by Crippen LogP contribution is -2.41. The molecule has 0 radical (unpaired) electrons. The monoisotopic (exact) mass is 459 g/mol. The second-order valence-electron chi connectivity index (χ2n) is 5.95. The number of nitrogens with zero attached hydrogens (tertiary/aromatic N) is 2. The van der Waals surface area contributed by atoms with E-state index in [1.54, 1.807) is 26.0 Å². The Hall–Kier alpha value is -1.84. The zero-order valence-corrected chi connectivity index (χ0v) is 17.2. The molecule has 25 heavy (non-hydrogen) atoms. The topological polar surface area (TPSA) is 85.8 Å². The van der Waals surface area contributed by atoms with Gasteiger partial charge in [0, 0.05) is 58.7 Å². The highest BCUT2D eigenvalue weighted by molar-refractivity contribution is 14.0. The van der Waals surface area contributed by atoms with Crippen LogP contribution in [0.1, 0.15) is 24.3 Å². The van der Waals surface area contributed by atoms with Gasteiger partial charge < -0.3 is 20.9 Å². The number of hydrogen-bond acceptors (Lipinski definition) is 3. The molecule has 0 saturated heterocycles. The normalized spacial score (nSPS) is 16.2. The fraction of sp³-hybridized carbons (Fsp3) is 0.471. The van der Waals surface area contributed by atoms with Crippen molar-refractivity contribution in [2.45, 2.75) is 18.8 Å². The molecule has 1 aliphatic rings. The Kier molecular flexibility index (Phi) is 8.67. The standard InChI is InChI=1S/C17H25N5O2.HI/c1-18-17(19-9-8-16(24)22(2)3)20-11-12-10-15(23)21-14-7-5-4-6-13(12)14;/h4-7,12H,8-11H2,1-3H3,(H,21,23)(H2,18,19,20);1H. The Bertz CT molecular complexity index is 633. The summed E-state index contributed by atoms with van der Waals surface area (Å²) in [6, 6.07) is 7.84. The SMILES string of the molecule is CN=C(NCCC(=O)N(C)C)NCC1CC(=O)Nc2ccccc21.I. The molecule has 1 atom stereocenters. The van der Waals surface area contributed by atoms with Gasteiger partial charge in [-0.2, -0.15) is 0 Å². The summed E-state index contributed by atoms with van der Waals surface area (Å²) in [4.78, 5) is 29.1. The predicted octanol–water partition coefficient (Wildman–Crippen LogP) is 1.37. The highest BCUT2D eigenvalue weighted by Crippen LogP contribution is 2.31. The first-order valence-electron chi connectivity index (χ1n) is 8.04. The number of amides is 2. The summed E-state index contributed by atoms with van der Waals surface area (Å²) >= 11 is 0. The van der Waals surface area contributed by atoms with Gasteiger partial charge >= 0.3 is 0 Å². The van der Waals surface area contributed by atoms with Crippen LogP contribution in [0, 0.1) is 0 Å². The van der Waals surface area contributed by atoms with Crippen LogP contribution in [0.5, 0.6) is 0 Å². The molecule has 1 aliphatic heterocycles. The maximum atomic E-state index is 11.8. The van der Waals surface area contributed by atoms with Gasteiger partial charge in [0.15, 0.2) is 5.96 Å². The fourth-order valence-electron chi connectivity index (χ4n) is 2.64. The number of halogens is 1. The molecule has 7 nitrogen and oxygen atoms in total. The van der Waals surface area contributed by atoms with Crippen molar-refractivity contribution >= 4 is 47.4 Å². The minimum absolute atomic E-state index is 0. The zero-order chi connectivity index (χ0) is 17.5. The van der Waals surface area contributed by atoms with E-state index in [1.165, 1.54) is 0 Å². The molecule has 1 aromatic carbocycles. The molecule has 0 spiro atoms. The second-order valence-corrected chi connectivity index (χ2v) is 5.95. The number of benzene rings is 1. The van der Waals surface area contributed by atoms with Gasteiger partial charge in [0.25, 0.3) is 0 Å². The first-order chi connectivity index (χ1) is 11.5. The van der Waals surface area contributed by atoms with E-state index in [1.807, 2.05) is 24.3 Å². The van der Waals surface area contributed by atoms with Crippen molar-refractivity contribution in [3.05, 3.63) is 29.8 Å². The Morgan fingerprint density at radius 1 is 1.32 bits per heavy atom. The molecule has 1 heterocycles. The van der Waals surface area contributed by atoms with E-state index in [9.17, 15) is 9.59 Å². The molecule has 2 rings (SSSR count). The van der Waals surface area contributed by atoms with Crippen LogP contribution in [0.2, 0.25) is 0 Å². The quantitative estimate of drug-likeness (QED) is 0.353. The Morgan fingerprint density at radius 2 is 2.04 bits per heavy atom. The van der Waals surface area contributed by atoms with Crippen LogP contribution in [0.3, 0.4) is 0 Å². The zero-order valence-electron chi connectivity index (χ0n) is 14.8. The number of carbonyl (C=O) groups is 2. The lowest BCUT2D eigenvalue weighted by molar-refractivity contribution is -0.128. The molecule has 8 heteroatoms. The molecule has 138 valence electrons. The van der Waals surface area contributed by atoms with Gasteiger partial charge in [0.2, 0.25) is 11.8 Å². The Morgan fingerprint density at radius 3 is 2.72 bits per heavy atom. The average Bonchev–Trinajstić information content (AvgIpc) is 2.57. The number of carbonyl (C=O) groups excluding carboxylic acids is 2. The van der Waals surface area contributed by atoms with Crippen LogP contribution in [-0.4, -0.2) is 56.9 Å². The summed E-state index contributed by atoms with van der Waals surface area (Å²) in [5.41, 5.74) is 2.00. The lowest BCUT2D eigenvalue weighted by Gasteiger charge is -2.26. The largest absolute Gasteiger partial charge is 0.356 e. The van der Waals surface area contributed by atoms with E-state index in [0.717, 1.165) is 11.3 Å². The Balaban J connectivity index is 0.00000312. The third kappa shape index (κ3) is 6.18. The fourth-order valence-corrected chi connectivity index (χ4v) is 2.64. The number of para-hydroxylation sites is 1. The number of guanidine groups is 1. The average molecular weight is 459 g/mol. The minimum atomic E-state index is 0. The van der Waals surface area contributed by atoms with Crippen LogP contribution in [-0.2, 0) is 9.59 Å². The van der Waals surface area contributed by atoms with Crippen molar-refractivity contribution in [1.82, 2.24) is 15.5 Å². The molecule has 3 N–H and O–H groups in total. The minimum Gasteiger partial charge on any atom is -0.356 e. The van der Waals surface area contributed by atoms with Gasteiger partial charge in [-0.05, 0) is 11.6 Å². The van der Waals surface area contributed by atoms with Crippen molar-refractivity contribution in [2.24, 2.45) is 4.99 Å². The smallest absolute Gasteiger partial charge is 0.225 e. The summed E-state index contributed by atoms with van der Waals surface area (Å²) < 4.78 is 0. The molecular weight excluding hydrogens is 433 g/mol. The van der Waals surface area contributed by atoms with Crippen molar-refractivity contribution in [2.75, 3.05) is 39.5 Å². The molecule has 2 amide bonds. The van der Waals surface area contributed by atoms with Crippen LogP contribution >= 0.6 is 24.0 Å². The predicted molar refractivity (Wildman–Crippen MR) is 111 cm³/mol. The summed E-state index contributed by atoms with van der Waals surface area (Å²) in [7, 11) is 5.16. The molecule has 1 aromatic rings. The maximum Gasteiger partial charge on any atom is 0.225 e. The summed E-state index contributed by atoms with van der Waals surface area (Å²) in [5, 5.41) is 9.25. The molecular formula is C17H26IN5O2. The third-order valence-corrected chi connectivity index (χ3v) is 3.98. The summed E-state index contributed by atoms with van der Waals surface area (Å²) in [5.74, 6) is 0.817. The third-order valence-electron chi connectivity index (χ3n) is 3.98. The highest BCUT2D eigenvalue weighted by atomic mass is 127. The van der Waals surface area contributed by atoms with Gasteiger partial charge in [-0.15, -0.1) is 24.0 Å². The number of anilines is 1. The number of aliphatic imine (C=N–C) groups is 1. The van der Waals surface area contributed by atoms with Gasteiger partial charge in [-0.25, -0.2) is 0 Å². The molecule has 0 saturated carbocycles. The van der Waals surface area contributed by atoms with Crippen molar-refractivity contribution in [3.8, 4) is 0 Å². The van der Waals surface area contributed by atoms with Crippen LogP contribution in [0.15, 0.2) is 29.3 Å². The van der Waals surface area contributed by atoms with E-state index >= 15 is 0 Å². The first-order valence-corrected chi connectivity index (χ1v) is 8.04. The van der Waals surface area contributed by atoms with Crippen molar-refractivity contribution in [1.29, 1.82) is 0 Å². The van der Waals surface area contributed by atoms with Crippen LogP contribution in [0.4, 0.5) is 5.69 Å². The number of hydrogen-bond donors (Lipinski definition) is 3. The number of nitrogens with one attached hydrogen (secondary N) is 3. The van der Waals surface area contributed by atoms with E-state index in [0.29, 0.717) is 31.9 Å². The van der Waals surface area contributed by atoms with Crippen LogP contribution < -0.4 is 16.0 Å². The maximum absolute atomic E-state index is 11.8. The molecule has 0 aromatic heterocycles. The second kappa shape index (κ2) is 10.2. The lowest BCUT2D eigenvalue weighted by atomic mass is 9.90. The highest BCUT2D eigenvalue weighted by Gasteiger charge is 2.24. The van der Waals surface area contributed by atoms with Gasteiger partial charge in [0.1, 0.15) is 0 Å². The Labute approximate surface area is 165 Å². The van der Waals surface area contributed by atoms with Crippen molar-refractivity contribution in [3.63, 3.8) is 0 Å². The van der Waals surface area contributed by atoms with Gasteiger partial charge in [-0.3, -0.25) is 14.6 Å². The summed E-state index contributed by atoms with van der Waals surface area (Å²) in [6.45, 7) is 1.12. The molecule has 0 fully saturated rings. The molecule has 0 bridgehead atoms. The van der Waals surface area contributed by atoms with E-state index in [-0.39, 0.29) is 41.7 Å².